The molecule has 1 fully saturated rings. The van der Waals surface area contributed by atoms with Crippen molar-refractivity contribution < 1.29 is 14.3 Å². The Balaban J connectivity index is 1.40. The summed E-state index contributed by atoms with van der Waals surface area (Å²) in [6, 6.07) is 7.42. The highest BCUT2D eigenvalue weighted by molar-refractivity contribution is 7.99. The number of methoxy groups -OCH3 is 2. The zero-order chi connectivity index (χ0) is 21.1. The van der Waals surface area contributed by atoms with E-state index >= 15 is 0 Å². The first-order valence-electron chi connectivity index (χ1n) is 9.65. The number of hydrogen-bond donors (Lipinski definition) is 0. The standard InChI is InChI=1S/C21H23N3O4S2/c1-27-17-6-5-14(10-18(17)28-2)16-4-3-7-23(16)20(26)13-29-12-15-11-19(25)24-8-9-30-21(24)22-15/h5-6,8-11,16H,3-4,7,12-13H2,1-2H3/t16-/m0/s1. The number of benzene rings is 1. The molecule has 7 nitrogen and oxygen atoms in total. The second kappa shape index (κ2) is 9.09. The number of likely N-dealkylation sites (tertiary alicyclic amines) is 1. The zero-order valence-electron chi connectivity index (χ0n) is 16.9. The van der Waals surface area contributed by atoms with Crippen molar-refractivity contribution in [3.05, 3.63) is 57.5 Å². The molecule has 1 aliphatic heterocycles. The summed E-state index contributed by atoms with van der Waals surface area (Å²) in [5.41, 5.74) is 1.68. The van der Waals surface area contributed by atoms with Crippen LogP contribution in [0, 0.1) is 0 Å². The molecule has 3 heterocycles. The SMILES string of the molecule is COc1ccc([C@@H]2CCCN2C(=O)CSCc2cc(=O)n3ccsc3n2)cc1OC. The summed E-state index contributed by atoms with van der Waals surface area (Å²) < 4.78 is 12.3. The Bertz CT molecular complexity index is 1110. The van der Waals surface area contributed by atoms with Gasteiger partial charge in [0.2, 0.25) is 5.91 Å². The molecule has 2 aromatic heterocycles. The van der Waals surface area contributed by atoms with E-state index in [0.717, 1.165) is 24.9 Å². The van der Waals surface area contributed by atoms with Crippen molar-refractivity contribution in [1.29, 1.82) is 0 Å². The van der Waals surface area contributed by atoms with Gasteiger partial charge in [-0.1, -0.05) is 6.07 Å². The van der Waals surface area contributed by atoms with E-state index in [1.54, 1.807) is 26.5 Å². The van der Waals surface area contributed by atoms with E-state index in [9.17, 15) is 9.59 Å². The minimum absolute atomic E-state index is 0.0446. The highest BCUT2D eigenvalue weighted by Gasteiger charge is 2.30. The van der Waals surface area contributed by atoms with Crippen LogP contribution in [0.15, 0.2) is 40.6 Å². The number of thiazole rings is 1. The Morgan fingerprint density at radius 1 is 1.27 bits per heavy atom. The number of ether oxygens (including phenoxy) is 2. The van der Waals surface area contributed by atoms with Gasteiger partial charge < -0.3 is 14.4 Å². The van der Waals surface area contributed by atoms with Gasteiger partial charge in [-0.2, -0.15) is 0 Å². The smallest absolute Gasteiger partial charge is 0.258 e. The number of thioether (sulfide) groups is 1. The molecule has 0 bridgehead atoms. The van der Waals surface area contributed by atoms with Crippen LogP contribution in [0.4, 0.5) is 0 Å². The number of carbonyl (C=O) groups excluding carboxylic acids is 1. The molecule has 1 atom stereocenters. The van der Waals surface area contributed by atoms with Crippen LogP contribution in [0.2, 0.25) is 0 Å². The molecule has 0 aliphatic carbocycles. The lowest BCUT2D eigenvalue weighted by molar-refractivity contribution is -0.129. The van der Waals surface area contributed by atoms with Crippen molar-refractivity contribution in [2.45, 2.75) is 24.6 Å². The van der Waals surface area contributed by atoms with E-state index in [4.69, 9.17) is 9.47 Å². The molecule has 0 N–H and O–H groups in total. The largest absolute Gasteiger partial charge is 0.493 e. The van der Waals surface area contributed by atoms with Gasteiger partial charge in [-0.05, 0) is 30.5 Å². The van der Waals surface area contributed by atoms with Crippen LogP contribution in [0.25, 0.3) is 4.96 Å². The molecule has 158 valence electrons. The first kappa shape index (κ1) is 20.7. The quantitative estimate of drug-likeness (QED) is 0.555. The maximum Gasteiger partial charge on any atom is 0.258 e. The average molecular weight is 446 g/mol. The second-order valence-corrected chi connectivity index (χ2v) is 8.85. The average Bonchev–Trinajstić information content (AvgIpc) is 3.43. The van der Waals surface area contributed by atoms with Gasteiger partial charge in [0.1, 0.15) is 0 Å². The molecule has 1 aromatic carbocycles. The number of nitrogens with zero attached hydrogens (tertiary/aromatic N) is 3. The molecule has 3 aromatic rings. The van der Waals surface area contributed by atoms with Crippen LogP contribution in [0.1, 0.15) is 30.1 Å². The minimum atomic E-state index is -0.0868. The van der Waals surface area contributed by atoms with Crippen molar-refractivity contribution >= 4 is 34.0 Å². The van der Waals surface area contributed by atoms with Crippen molar-refractivity contribution in [1.82, 2.24) is 14.3 Å². The molecular formula is C21H23N3O4S2. The Morgan fingerprint density at radius 3 is 2.90 bits per heavy atom. The zero-order valence-corrected chi connectivity index (χ0v) is 18.5. The van der Waals surface area contributed by atoms with Crippen LogP contribution in [0.5, 0.6) is 11.5 Å². The highest BCUT2D eigenvalue weighted by Crippen LogP contribution is 2.37. The normalized spacial score (nSPS) is 16.2. The van der Waals surface area contributed by atoms with Gasteiger partial charge in [0, 0.05) is 29.9 Å². The van der Waals surface area contributed by atoms with Crippen molar-refractivity contribution in [2.24, 2.45) is 0 Å². The van der Waals surface area contributed by atoms with E-state index in [-0.39, 0.29) is 17.5 Å². The summed E-state index contributed by atoms with van der Waals surface area (Å²) in [5, 5.41) is 1.84. The lowest BCUT2D eigenvalue weighted by Crippen LogP contribution is -2.32. The lowest BCUT2D eigenvalue weighted by atomic mass is 10.0. The highest BCUT2D eigenvalue weighted by atomic mass is 32.2. The van der Waals surface area contributed by atoms with Gasteiger partial charge in [0.15, 0.2) is 16.5 Å². The van der Waals surface area contributed by atoms with Crippen molar-refractivity contribution in [2.75, 3.05) is 26.5 Å². The summed E-state index contributed by atoms with van der Waals surface area (Å²) in [6.07, 6.45) is 3.62. The van der Waals surface area contributed by atoms with Gasteiger partial charge in [-0.3, -0.25) is 14.0 Å². The van der Waals surface area contributed by atoms with Crippen LogP contribution < -0.4 is 15.0 Å². The molecule has 4 rings (SSSR count). The van der Waals surface area contributed by atoms with E-state index in [1.165, 1.54) is 27.5 Å². The van der Waals surface area contributed by atoms with Gasteiger partial charge >= 0.3 is 0 Å². The summed E-state index contributed by atoms with van der Waals surface area (Å²) in [7, 11) is 3.23. The fraction of sp³-hybridized carbons (Fsp3) is 0.381. The lowest BCUT2D eigenvalue weighted by Gasteiger charge is -2.25. The molecule has 0 radical (unpaired) electrons. The van der Waals surface area contributed by atoms with Crippen LogP contribution in [-0.4, -0.2) is 46.7 Å². The summed E-state index contributed by atoms with van der Waals surface area (Å²) >= 11 is 2.92. The van der Waals surface area contributed by atoms with E-state index < -0.39 is 0 Å². The van der Waals surface area contributed by atoms with Gasteiger partial charge in [-0.25, -0.2) is 4.98 Å². The molecule has 0 unspecified atom stereocenters. The fourth-order valence-corrected chi connectivity index (χ4v) is 5.30. The molecule has 1 aliphatic rings. The number of rotatable bonds is 7. The predicted molar refractivity (Wildman–Crippen MR) is 119 cm³/mol. The summed E-state index contributed by atoms with van der Waals surface area (Å²) in [6.45, 7) is 0.749. The predicted octanol–water partition coefficient (Wildman–Crippen LogP) is 3.37. The molecule has 9 heteroatoms. The number of hydrogen-bond acceptors (Lipinski definition) is 7. The van der Waals surface area contributed by atoms with Crippen molar-refractivity contribution in [3.63, 3.8) is 0 Å². The van der Waals surface area contributed by atoms with Gasteiger partial charge in [0.25, 0.3) is 5.56 Å². The van der Waals surface area contributed by atoms with Crippen LogP contribution in [-0.2, 0) is 10.5 Å². The third kappa shape index (κ3) is 4.17. The van der Waals surface area contributed by atoms with E-state index in [2.05, 4.69) is 4.98 Å². The third-order valence-electron chi connectivity index (χ3n) is 5.20. The Morgan fingerprint density at radius 2 is 2.10 bits per heavy atom. The molecule has 1 saturated heterocycles. The first-order chi connectivity index (χ1) is 14.6. The molecular weight excluding hydrogens is 422 g/mol. The number of amides is 1. The van der Waals surface area contributed by atoms with E-state index in [1.807, 2.05) is 28.5 Å². The number of aromatic nitrogens is 2. The monoisotopic (exact) mass is 445 g/mol. The molecule has 1 amide bonds. The second-order valence-electron chi connectivity index (χ2n) is 6.99. The van der Waals surface area contributed by atoms with Gasteiger partial charge in [-0.15, -0.1) is 23.1 Å². The van der Waals surface area contributed by atoms with Crippen molar-refractivity contribution in [3.8, 4) is 11.5 Å². The maximum absolute atomic E-state index is 12.9. The Labute approximate surface area is 182 Å². The fourth-order valence-electron chi connectivity index (χ4n) is 3.76. The Kier molecular flexibility index (Phi) is 6.29. The molecule has 0 saturated carbocycles. The first-order valence-corrected chi connectivity index (χ1v) is 11.7. The summed E-state index contributed by atoms with van der Waals surface area (Å²) in [4.78, 5) is 32.1. The van der Waals surface area contributed by atoms with E-state index in [0.29, 0.717) is 33.7 Å². The number of fused-ring (bicyclic) bond motifs is 1. The van der Waals surface area contributed by atoms with Crippen LogP contribution in [0.3, 0.4) is 0 Å². The topological polar surface area (TPSA) is 73.1 Å². The Hall–Kier alpha value is -2.52. The number of carbonyl (C=O) groups is 1. The molecule has 30 heavy (non-hydrogen) atoms. The minimum Gasteiger partial charge on any atom is -0.493 e. The molecule has 0 spiro atoms. The summed E-state index contributed by atoms with van der Waals surface area (Å²) in [5.74, 6) is 2.34. The maximum atomic E-state index is 12.9. The van der Waals surface area contributed by atoms with Crippen LogP contribution >= 0.6 is 23.1 Å². The van der Waals surface area contributed by atoms with Gasteiger partial charge in [0.05, 0.1) is 31.7 Å². The third-order valence-corrected chi connectivity index (χ3v) is 6.90.